The van der Waals surface area contributed by atoms with Gasteiger partial charge in [-0.15, -0.1) is 0 Å². The van der Waals surface area contributed by atoms with E-state index in [2.05, 4.69) is 35.6 Å². The van der Waals surface area contributed by atoms with Crippen LogP contribution < -0.4 is 0 Å². The summed E-state index contributed by atoms with van der Waals surface area (Å²) in [6, 6.07) is -0.621. The van der Waals surface area contributed by atoms with Crippen LogP contribution in [0.3, 0.4) is 0 Å². The third kappa shape index (κ3) is 6.11. The van der Waals surface area contributed by atoms with Gasteiger partial charge in [-0.3, -0.25) is 4.79 Å². The molecule has 22 heavy (non-hydrogen) atoms. The first-order valence-corrected chi connectivity index (χ1v) is 10.3. The van der Waals surface area contributed by atoms with E-state index in [0.29, 0.717) is 6.42 Å². The highest BCUT2D eigenvalue weighted by Gasteiger charge is 2.43. The molecule has 0 bridgehead atoms. The molecule has 0 aromatic rings. The number of hydrogen-bond donors (Lipinski definition) is 0. The molecule has 0 fully saturated rings. The van der Waals surface area contributed by atoms with Crippen molar-refractivity contribution in [1.82, 2.24) is 0 Å². The number of nitrogens with zero attached hydrogens (tertiary/aromatic N) is 5. The van der Waals surface area contributed by atoms with Gasteiger partial charge in [-0.2, -0.15) is 4.79 Å². The summed E-state index contributed by atoms with van der Waals surface area (Å²) >= 11 is 0. The lowest BCUT2D eigenvalue weighted by atomic mass is 9.98. The maximum absolute atomic E-state index is 12.3. The number of ketones is 1. The zero-order chi connectivity index (χ0) is 17.6. The van der Waals surface area contributed by atoms with Crippen LogP contribution in [0.2, 0.25) is 18.1 Å². The quantitative estimate of drug-likeness (QED) is 0.221. The molecular formula is C14H27N5O2Si. The Morgan fingerprint density at radius 3 is 2.23 bits per heavy atom. The predicted octanol–water partition coefficient (Wildman–Crippen LogP) is 3.97. The molecule has 0 aliphatic rings. The van der Waals surface area contributed by atoms with E-state index >= 15 is 0 Å². The molecule has 0 unspecified atom stereocenters. The Morgan fingerprint density at radius 2 is 1.86 bits per heavy atom. The monoisotopic (exact) mass is 325 g/mol. The highest BCUT2D eigenvalue weighted by Crippen LogP contribution is 2.38. The van der Waals surface area contributed by atoms with Crippen molar-refractivity contribution in [2.45, 2.75) is 71.3 Å². The molecule has 0 heterocycles. The van der Waals surface area contributed by atoms with Crippen LogP contribution in [0.25, 0.3) is 16.0 Å². The molecule has 8 heteroatoms. The summed E-state index contributed by atoms with van der Waals surface area (Å²) in [5.41, 5.74) is 17.4. The summed E-state index contributed by atoms with van der Waals surface area (Å²) in [5, 5.41) is 3.65. The molecule has 7 nitrogen and oxygen atoms in total. The van der Waals surface area contributed by atoms with Gasteiger partial charge in [0.15, 0.2) is 8.32 Å². The summed E-state index contributed by atoms with van der Waals surface area (Å²) in [6.07, 6.45) is 0.418. The Bertz CT molecular complexity index is 486. The van der Waals surface area contributed by atoms with Crippen LogP contribution in [0.15, 0.2) is 5.11 Å². The number of carbonyl (C=O) groups is 1. The van der Waals surface area contributed by atoms with E-state index in [9.17, 15) is 4.79 Å². The van der Waals surface area contributed by atoms with Crippen LogP contribution in [0.4, 0.5) is 0 Å². The number of carbonyl (C=O) groups excluding carboxylic acids is 1. The zero-order valence-corrected chi connectivity index (χ0v) is 15.6. The fraction of sp³-hybridized carbons (Fsp3) is 0.857. The van der Waals surface area contributed by atoms with Gasteiger partial charge in [-0.05, 0) is 36.0 Å². The van der Waals surface area contributed by atoms with E-state index in [4.69, 9.17) is 15.5 Å². The van der Waals surface area contributed by atoms with E-state index in [1.165, 1.54) is 0 Å². The Kier molecular flexibility index (Phi) is 7.70. The molecule has 0 saturated heterocycles. The molecule has 0 radical (unpaired) electrons. The van der Waals surface area contributed by atoms with Gasteiger partial charge >= 0.3 is 6.21 Å². The second-order valence-electron chi connectivity index (χ2n) is 7.35. The molecule has 0 saturated carbocycles. The van der Waals surface area contributed by atoms with Crippen molar-refractivity contribution in [1.29, 1.82) is 0 Å². The van der Waals surface area contributed by atoms with Crippen molar-refractivity contribution in [3.05, 3.63) is 16.0 Å². The topological polar surface area (TPSA) is 111 Å². The van der Waals surface area contributed by atoms with Gasteiger partial charge in [0.05, 0.1) is 6.04 Å². The van der Waals surface area contributed by atoms with Crippen molar-refractivity contribution in [3.63, 3.8) is 0 Å². The normalized spacial score (nSPS) is 14.7. The van der Waals surface area contributed by atoms with E-state index in [1.54, 1.807) is 0 Å². The number of Topliss-reactive ketones (excluding diaryl/α,β-unsaturated/α-hetero) is 1. The predicted molar refractivity (Wildman–Crippen MR) is 89.1 cm³/mol. The molecule has 0 rings (SSSR count). The molecule has 0 amide bonds. The minimum Gasteiger partial charge on any atom is -0.406 e. The smallest absolute Gasteiger partial charge is 0.325 e. The van der Waals surface area contributed by atoms with Crippen molar-refractivity contribution in [3.8, 4) is 0 Å². The first kappa shape index (κ1) is 20.5. The third-order valence-corrected chi connectivity index (χ3v) is 8.41. The van der Waals surface area contributed by atoms with Crippen LogP contribution in [0.5, 0.6) is 0 Å². The Morgan fingerprint density at radius 1 is 1.32 bits per heavy atom. The fourth-order valence-electron chi connectivity index (χ4n) is 1.73. The summed E-state index contributed by atoms with van der Waals surface area (Å²) in [7, 11) is -2.25. The molecule has 0 aromatic carbocycles. The largest absolute Gasteiger partial charge is 0.406 e. The lowest BCUT2D eigenvalue weighted by Crippen LogP contribution is -2.50. The number of azide groups is 1. The fourth-order valence-corrected chi connectivity index (χ4v) is 2.99. The van der Waals surface area contributed by atoms with E-state index in [-0.39, 0.29) is 11.0 Å². The molecule has 0 aromatic heterocycles. The Labute approximate surface area is 133 Å². The minimum absolute atomic E-state index is 0.0966. The Balaban J connectivity index is 5.66. The van der Waals surface area contributed by atoms with Gasteiger partial charge in [-0.25, -0.2) is 0 Å². The van der Waals surface area contributed by atoms with Gasteiger partial charge in [0.1, 0.15) is 6.10 Å². The third-order valence-electron chi connectivity index (χ3n) is 3.96. The van der Waals surface area contributed by atoms with Gasteiger partial charge in [0.25, 0.3) is 5.78 Å². The maximum Gasteiger partial charge on any atom is 0.325 e. The van der Waals surface area contributed by atoms with Crippen molar-refractivity contribution < 1.29 is 14.0 Å². The first-order valence-electron chi connectivity index (χ1n) is 7.39. The molecule has 2 atom stereocenters. The first-order chi connectivity index (χ1) is 9.96. The van der Waals surface area contributed by atoms with Crippen molar-refractivity contribution in [2.75, 3.05) is 0 Å². The van der Waals surface area contributed by atoms with Gasteiger partial charge < -0.3 is 9.96 Å². The highest BCUT2D eigenvalue weighted by atomic mass is 28.4. The SMILES string of the molecule is CC(C)C[C@H](N=[N+]=[N-])[C@@H](O[Si](C)(C)C(C)(C)C)C(=O)C=[N+]=[N-]. The van der Waals surface area contributed by atoms with Crippen molar-refractivity contribution >= 4 is 20.3 Å². The van der Waals surface area contributed by atoms with Gasteiger partial charge in [0, 0.05) is 4.91 Å². The molecule has 0 N–H and O–H groups in total. The molecule has 0 aliphatic carbocycles. The molecular weight excluding hydrogens is 298 g/mol. The lowest BCUT2D eigenvalue weighted by molar-refractivity contribution is -0.123. The average molecular weight is 325 g/mol. The lowest BCUT2D eigenvalue weighted by Gasteiger charge is -2.39. The Hall–Kier alpha value is -1.46. The van der Waals surface area contributed by atoms with Crippen LogP contribution in [0.1, 0.15) is 41.0 Å². The number of rotatable bonds is 8. The van der Waals surface area contributed by atoms with Crippen LogP contribution in [-0.4, -0.2) is 37.3 Å². The van der Waals surface area contributed by atoms with Crippen LogP contribution in [-0.2, 0) is 9.22 Å². The molecule has 124 valence electrons. The maximum atomic E-state index is 12.3. The highest BCUT2D eigenvalue weighted by molar-refractivity contribution is 6.74. The summed E-state index contributed by atoms with van der Waals surface area (Å²) in [5.74, 6) is -0.245. The van der Waals surface area contributed by atoms with Crippen molar-refractivity contribution in [2.24, 2.45) is 11.0 Å². The minimum atomic E-state index is -2.25. The second-order valence-corrected chi connectivity index (χ2v) is 12.1. The van der Waals surface area contributed by atoms with E-state index in [1.807, 2.05) is 26.9 Å². The van der Waals surface area contributed by atoms with Crippen LogP contribution in [0, 0.1) is 5.92 Å². The zero-order valence-electron chi connectivity index (χ0n) is 14.6. The van der Waals surface area contributed by atoms with E-state index < -0.39 is 26.2 Å². The molecule has 0 spiro atoms. The van der Waals surface area contributed by atoms with Gasteiger partial charge in [0.2, 0.25) is 0 Å². The average Bonchev–Trinajstić information content (AvgIpc) is 2.33. The van der Waals surface area contributed by atoms with Crippen LogP contribution >= 0.6 is 0 Å². The standard InChI is InChI=1S/C14H27N5O2Si/c1-10(2)8-11(18-19-16)13(12(20)9-17-15)21-22(6,7)14(3,4)5/h9-11,13H,8H2,1-7H3/t11-,13+/m0/s1. The number of hydrogen-bond acceptors (Lipinski definition) is 3. The summed E-state index contributed by atoms with van der Waals surface area (Å²) in [4.78, 5) is 17.9. The molecule has 0 aliphatic heterocycles. The summed E-state index contributed by atoms with van der Waals surface area (Å²) < 4.78 is 6.15. The van der Waals surface area contributed by atoms with E-state index in [0.717, 1.165) is 6.21 Å². The second kappa shape index (κ2) is 8.24. The summed E-state index contributed by atoms with van der Waals surface area (Å²) in [6.45, 7) is 14.2. The van der Waals surface area contributed by atoms with Gasteiger partial charge in [-0.1, -0.05) is 39.7 Å².